The fraction of sp³-hybridized carbons (Fsp3) is 0.500. The second-order valence-corrected chi connectivity index (χ2v) is 3.77. The topological polar surface area (TPSA) is 33.3 Å². The molecule has 2 N–H and O–H groups in total. The maximum atomic E-state index is 5.14. The van der Waals surface area contributed by atoms with Crippen LogP contribution in [0, 0.1) is 0 Å². The molecule has 0 heterocycles. The van der Waals surface area contributed by atoms with Crippen LogP contribution >= 0.6 is 0 Å². The molecule has 1 aromatic rings. The number of benzene rings is 1. The lowest BCUT2D eigenvalue weighted by Crippen LogP contribution is -2.28. The zero-order chi connectivity index (χ0) is 11.1. The number of ether oxygens (including phenoxy) is 1. The van der Waals surface area contributed by atoms with Gasteiger partial charge in [0.25, 0.3) is 0 Å². The lowest BCUT2D eigenvalue weighted by molar-refractivity contribution is 0.415. The number of hydrogen-bond acceptors (Lipinski definition) is 3. The SMILES string of the molecule is COc1cccc(NCCNC(C)C)c1. The molecule has 0 fully saturated rings. The molecular formula is C12H20N2O. The Bertz CT molecular complexity index is 287. The van der Waals surface area contributed by atoms with Crippen molar-refractivity contribution < 1.29 is 4.74 Å². The Morgan fingerprint density at radius 2 is 2.07 bits per heavy atom. The highest BCUT2D eigenvalue weighted by Gasteiger charge is 1.95. The number of anilines is 1. The minimum Gasteiger partial charge on any atom is -0.497 e. The van der Waals surface area contributed by atoms with Crippen molar-refractivity contribution in [3.05, 3.63) is 24.3 Å². The molecule has 0 unspecified atom stereocenters. The van der Waals surface area contributed by atoms with Crippen LogP contribution in [-0.4, -0.2) is 26.2 Å². The minimum absolute atomic E-state index is 0.539. The quantitative estimate of drug-likeness (QED) is 0.702. The molecule has 0 atom stereocenters. The van der Waals surface area contributed by atoms with E-state index in [0.717, 1.165) is 24.5 Å². The molecule has 0 bridgehead atoms. The van der Waals surface area contributed by atoms with Crippen molar-refractivity contribution in [1.82, 2.24) is 5.32 Å². The van der Waals surface area contributed by atoms with Gasteiger partial charge >= 0.3 is 0 Å². The van der Waals surface area contributed by atoms with E-state index in [4.69, 9.17) is 4.74 Å². The molecule has 0 aromatic heterocycles. The summed E-state index contributed by atoms with van der Waals surface area (Å²) in [5.41, 5.74) is 1.10. The monoisotopic (exact) mass is 208 g/mol. The van der Waals surface area contributed by atoms with E-state index in [9.17, 15) is 0 Å². The maximum Gasteiger partial charge on any atom is 0.120 e. The summed E-state index contributed by atoms with van der Waals surface area (Å²) < 4.78 is 5.14. The first kappa shape index (κ1) is 11.9. The lowest BCUT2D eigenvalue weighted by atomic mass is 10.3. The number of rotatable bonds is 6. The Kier molecular flexibility index (Phi) is 4.98. The van der Waals surface area contributed by atoms with Gasteiger partial charge in [0.1, 0.15) is 5.75 Å². The Morgan fingerprint density at radius 3 is 2.73 bits per heavy atom. The van der Waals surface area contributed by atoms with Crippen LogP contribution in [0.5, 0.6) is 5.75 Å². The van der Waals surface area contributed by atoms with Crippen molar-refractivity contribution in [1.29, 1.82) is 0 Å². The van der Waals surface area contributed by atoms with Gasteiger partial charge in [-0.3, -0.25) is 0 Å². The van der Waals surface area contributed by atoms with Gasteiger partial charge in [0.05, 0.1) is 7.11 Å². The molecule has 0 aliphatic carbocycles. The zero-order valence-corrected chi connectivity index (χ0v) is 9.71. The molecule has 0 aliphatic rings. The first-order valence-corrected chi connectivity index (χ1v) is 5.33. The van der Waals surface area contributed by atoms with Crippen LogP contribution in [0.3, 0.4) is 0 Å². The van der Waals surface area contributed by atoms with E-state index in [1.807, 2.05) is 24.3 Å². The molecule has 0 amide bonds. The predicted octanol–water partition coefficient (Wildman–Crippen LogP) is 2.11. The standard InChI is InChI=1S/C12H20N2O/c1-10(2)13-7-8-14-11-5-4-6-12(9-11)15-3/h4-6,9-10,13-14H,7-8H2,1-3H3. The maximum absolute atomic E-state index is 5.14. The van der Waals surface area contributed by atoms with Crippen LogP contribution in [0.1, 0.15) is 13.8 Å². The third kappa shape index (κ3) is 4.70. The van der Waals surface area contributed by atoms with E-state index >= 15 is 0 Å². The molecule has 0 radical (unpaired) electrons. The van der Waals surface area contributed by atoms with Crippen LogP contribution in [-0.2, 0) is 0 Å². The average molecular weight is 208 g/mol. The fourth-order valence-corrected chi connectivity index (χ4v) is 1.30. The number of hydrogen-bond donors (Lipinski definition) is 2. The summed E-state index contributed by atoms with van der Waals surface area (Å²) in [6.07, 6.45) is 0. The largest absolute Gasteiger partial charge is 0.497 e. The molecule has 84 valence electrons. The van der Waals surface area contributed by atoms with E-state index in [1.54, 1.807) is 7.11 Å². The molecule has 15 heavy (non-hydrogen) atoms. The minimum atomic E-state index is 0.539. The van der Waals surface area contributed by atoms with Gasteiger partial charge in [0, 0.05) is 30.9 Å². The normalized spacial score (nSPS) is 10.4. The van der Waals surface area contributed by atoms with E-state index in [0.29, 0.717) is 6.04 Å². The molecule has 0 aliphatic heterocycles. The number of nitrogens with one attached hydrogen (secondary N) is 2. The summed E-state index contributed by atoms with van der Waals surface area (Å²) in [6.45, 7) is 6.18. The summed E-state index contributed by atoms with van der Waals surface area (Å²) in [5, 5.41) is 6.68. The van der Waals surface area contributed by atoms with Gasteiger partial charge in [0.15, 0.2) is 0 Å². The Hall–Kier alpha value is -1.22. The molecule has 0 spiro atoms. The first-order chi connectivity index (χ1) is 7.22. The van der Waals surface area contributed by atoms with Crippen molar-refractivity contribution in [2.24, 2.45) is 0 Å². The highest BCUT2D eigenvalue weighted by Crippen LogP contribution is 2.15. The molecule has 3 nitrogen and oxygen atoms in total. The van der Waals surface area contributed by atoms with Crippen molar-refractivity contribution >= 4 is 5.69 Å². The Morgan fingerprint density at radius 1 is 1.27 bits per heavy atom. The van der Waals surface area contributed by atoms with E-state index in [-0.39, 0.29) is 0 Å². The second kappa shape index (κ2) is 6.30. The molecule has 1 rings (SSSR count). The van der Waals surface area contributed by atoms with Crippen LogP contribution in [0.2, 0.25) is 0 Å². The smallest absolute Gasteiger partial charge is 0.120 e. The molecule has 3 heteroatoms. The molecule has 0 saturated carbocycles. The third-order valence-corrected chi connectivity index (χ3v) is 2.08. The Labute approximate surface area is 91.8 Å². The summed E-state index contributed by atoms with van der Waals surface area (Å²) in [4.78, 5) is 0. The highest BCUT2D eigenvalue weighted by molar-refractivity contribution is 5.48. The van der Waals surface area contributed by atoms with E-state index in [2.05, 4.69) is 24.5 Å². The van der Waals surface area contributed by atoms with Gasteiger partial charge in [-0.15, -0.1) is 0 Å². The summed E-state index contributed by atoms with van der Waals surface area (Å²) in [6, 6.07) is 8.50. The van der Waals surface area contributed by atoms with Gasteiger partial charge in [-0.05, 0) is 12.1 Å². The van der Waals surface area contributed by atoms with Crippen LogP contribution in [0.15, 0.2) is 24.3 Å². The van der Waals surface area contributed by atoms with E-state index in [1.165, 1.54) is 0 Å². The second-order valence-electron chi connectivity index (χ2n) is 3.77. The average Bonchev–Trinajstić information content (AvgIpc) is 2.24. The van der Waals surface area contributed by atoms with Crippen molar-refractivity contribution in [3.63, 3.8) is 0 Å². The van der Waals surface area contributed by atoms with Crippen LogP contribution in [0.25, 0.3) is 0 Å². The van der Waals surface area contributed by atoms with E-state index < -0.39 is 0 Å². The van der Waals surface area contributed by atoms with Gasteiger partial charge in [-0.1, -0.05) is 19.9 Å². The van der Waals surface area contributed by atoms with Gasteiger partial charge in [0.2, 0.25) is 0 Å². The van der Waals surface area contributed by atoms with Crippen molar-refractivity contribution in [2.75, 3.05) is 25.5 Å². The van der Waals surface area contributed by atoms with Gasteiger partial charge in [-0.2, -0.15) is 0 Å². The third-order valence-electron chi connectivity index (χ3n) is 2.08. The van der Waals surface area contributed by atoms with Crippen LogP contribution < -0.4 is 15.4 Å². The molecule has 1 aromatic carbocycles. The van der Waals surface area contributed by atoms with Crippen molar-refractivity contribution in [2.45, 2.75) is 19.9 Å². The van der Waals surface area contributed by atoms with Gasteiger partial charge < -0.3 is 15.4 Å². The summed E-state index contributed by atoms with van der Waals surface area (Å²) >= 11 is 0. The molecular weight excluding hydrogens is 188 g/mol. The lowest BCUT2D eigenvalue weighted by Gasteiger charge is -2.10. The number of methoxy groups -OCH3 is 1. The zero-order valence-electron chi connectivity index (χ0n) is 9.71. The fourth-order valence-electron chi connectivity index (χ4n) is 1.30. The predicted molar refractivity (Wildman–Crippen MR) is 64.6 cm³/mol. The summed E-state index contributed by atoms with van der Waals surface area (Å²) in [7, 11) is 1.68. The highest BCUT2D eigenvalue weighted by atomic mass is 16.5. The van der Waals surface area contributed by atoms with Crippen LogP contribution in [0.4, 0.5) is 5.69 Å². The summed E-state index contributed by atoms with van der Waals surface area (Å²) in [5.74, 6) is 0.886. The Balaban J connectivity index is 2.30. The molecule has 0 saturated heterocycles. The van der Waals surface area contributed by atoms with Gasteiger partial charge in [-0.25, -0.2) is 0 Å². The first-order valence-electron chi connectivity index (χ1n) is 5.33. The van der Waals surface area contributed by atoms with Crippen molar-refractivity contribution in [3.8, 4) is 5.75 Å².